The van der Waals surface area contributed by atoms with Gasteiger partial charge >= 0.3 is 0 Å². The minimum Gasteiger partial charge on any atom is -0.390 e. The zero-order valence-corrected chi connectivity index (χ0v) is 8.43. The quantitative estimate of drug-likeness (QED) is 0.690. The number of aliphatic hydroxyl groups excluding tert-OH is 1. The Balaban J connectivity index is 2.95. The molecule has 2 N–H and O–H groups in total. The number of nitrogens with zero attached hydrogens (tertiary/aromatic N) is 3. The standard InChI is InChI=1S/C7H12N4OS/c1-3-8-6-5(4-12)10-11-7(9-6)13-2/h12H,3-4H2,1-2H3,(H,8,9,11). The van der Waals surface area contributed by atoms with Gasteiger partial charge in [-0.15, -0.1) is 10.2 Å². The van der Waals surface area contributed by atoms with Gasteiger partial charge in [-0.1, -0.05) is 11.8 Å². The van der Waals surface area contributed by atoms with Crippen molar-refractivity contribution >= 4 is 17.6 Å². The van der Waals surface area contributed by atoms with Crippen LogP contribution in [0.15, 0.2) is 5.16 Å². The minimum absolute atomic E-state index is 0.142. The van der Waals surface area contributed by atoms with Gasteiger partial charge in [-0.2, -0.15) is 0 Å². The predicted molar refractivity (Wildman–Crippen MR) is 51.7 cm³/mol. The molecule has 0 bridgehead atoms. The molecule has 1 heterocycles. The summed E-state index contributed by atoms with van der Waals surface area (Å²) < 4.78 is 0. The first kappa shape index (κ1) is 10.2. The van der Waals surface area contributed by atoms with Crippen LogP contribution >= 0.6 is 11.8 Å². The molecule has 1 aromatic heterocycles. The molecule has 72 valence electrons. The molecule has 0 saturated carbocycles. The molecule has 0 aliphatic heterocycles. The molecule has 6 heteroatoms. The van der Waals surface area contributed by atoms with Crippen LogP contribution in [0, 0.1) is 0 Å². The third-order valence-electron chi connectivity index (χ3n) is 1.41. The Morgan fingerprint density at radius 1 is 1.46 bits per heavy atom. The average molecular weight is 200 g/mol. The van der Waals surface area contributed by atoms with E-state index >= 15 is 0 Å². The van der Waals surface area contributed by atoms with E-state index in [4.69, 9.17) is 5.11 Å². The molecule has 0 aliphatic carbocycles. The third kappa shape index (κ3) is 2.53. The molecule has 1 aromatic rings. The molecule has 0 radical (unpaired) electrons. The lowest BCUT2D eigenvalue weighted by Crippen LogP contribution is -2.07. The first-order valence-corrected chi connectivity index (χ1v) is 5.16. The fourth-order valence-corrected chi connectivity index (χ4v) is 1.14. The first-order valence-electron chi connectivity index (χ1n) is 3.94. The average Bonchev–Trinajstić information content (AvgIpc) is 2.18. The highest BCUT2D eigenvalue weighted by molar-refractivity contribution is 7.98. The summed E-state index contributed by atoms with van der Waals surface area (Å²) in [4.78, 5) is 4.17. The maximum absolute atomic E-state index is 8.92. The lowest BCUT2D eigenvalue weighted by molar-refractivity contribution is 0.275. The Morgan fingerprint density at radius 3 is 2.77 bits per heavy atom. The summed E-state index contributed by atoms with van der Waals surface area (Å²) in [6.45, 7) is 2.57. The summed E-state index contributed by atoms with van der Waals surface area (Å²) in [5, 5.41) is 20.2. The third-order valence-corrected chi connectivity index (χ3v) is 1.95. The van der Waals surface area contributed by atoms with E-state index in [0.29, 0.717) is 16.7 Å². The number of anilines is 1. The topological polar surface area (TPSA) is 70.9 Å². The van der Waals surface area contributed by atoms with Gasteiger partial charge in [0.1, 0.15) is 5.69 Å². The SMILES string of the molecule is CCNc1nc(SC)nnc1CO. The molecule has 5 nitrogen and oxygen atoms in total. The predicted octanol–water partition coefficient (Wildman–Crippen LogP) is 0.518. The van der Waals surface area contributed by atoms with Crippen LogP contribution in [0.3, 0.4) is 0 Å². The van der Waals surface area contributed by atoms with E-state index in [1.165, 1.54) is 11.8 Å². The van der Waals surface area contributed by atoms with Crippen molar-refractivity contribution in [3.63, 3.8) is 0 Å². The lowest BCUT2D eigenvalue weighted by atomic mass is 10.4. The highest BCUT2D eigenvalue weighted by Crippen LogP contribution is 2.13. The van der Waals surface area contributed by atoms with Crippen LogP contribution in [-0.4, -0.2) is 33.1 Å². The largest absolute Gasteiger partial charge is 0.390 e. The Morgan fingerprint density at radius 2 is 2.23 bits per heavy atom. The number of aliphatic hydroxyl groups is 1. The van der Waals surface area contributed by atoms with E-state index in [9.17, 15) is 0 Å². The summed E-state index contributed by atoms with van der Waals surface area (Å²) >= 11 is 1.42. The van der Waals surface area contributed by atoms with E-state index < -0.39 is 0 Å². The van der Waals surface area contributed by atoms with Crippen molar-refractivity contribution in [1.82, 2.24) is 15.2 Å². The van der Waals surface area contributed by atoms with Crippen molar-refractivity contribution in [2.45, 2.75) is 18.7 Å². The van der Waals surface area contributed by atoms with Crippen molar-refractivity contribution in [2.24, 2.45) is 0 Å². The molecule has 0 amide bonds. The first-order chi connectivity index (χ1) is 6.31. The fourth-order valence-electron chi connectivity index (χ4n) is 0.835. The Labute approximate surface area is 81.0 Å². The number of aromatic nitrogens is 3. The normalized spacial score (nSPS) is 10.1. The molecule has 0 fully saturated rings. The van der Waals surface area contributed by atoms with Crippen LogP contribution in [0.4, 0.5) is 5.82 Å². The van der Waals surface area contributed by atoms with Crippen LogP contribution in [0.25, 0.3) is 0 Å². The molecule has 0 saturated heterocycles. The molecule has 0 unspecified atom stereocenters. The molecule has 0 aromatic carbocycles. The summed E-state index contributed by atoms with van der Waals surface area (Å²) in [6.07, 6.45) is 1.88. The Hall–Kier alpha value is -0.880. The molecule has 0 atom stereocenters. The lowest BCUT2D eigenvalue weighted by Gasteiger charge is -2.06. The van der Waals surface area contributed by atoms with Crippen molar-refractivity contribution in [1.29, 1.82) is 0 Å². The van der Waals surface area contributed by atoms with Crippen LogP contribution in [0.5, 0.6) is 0 Å². The second-order valence-corrected chi connectivity index (χ2v) is 3.06. The highest BCUT2D eigenvalue weighted by Gasteiger charge is 2.06. The number of rotatable bonds is 4. The van der Waals surface area contributed by atoms with E-state index in [0.717, 1.165) is 6.54 Å². The second kappa shape index (κ2) is 4.98. The van der Waals surface area contributed by atoms with Crippen molar-refractivity contribution in [2.75, 3.05) is 18.1 Å². The van der Waals surface area contributed by atoms with Crippen molar-refractivity contribution in [3.8, 4) is 0 Å². The smallest absolute Gasteiger partial charge is 0.210 e. The summed E-state index contributed by atoms with van der Waals surface area (Å²) in [5.74, 6) is 0.615. The van der Waals surface area contributed by atoms with E-state index in [1.807, 2.05) is 13.2 Å². The molecular weight excluding hydrogens is 188 g/mol. The van der Waals surface area contributed by atoms with Crippen molar-refractivity contribution in [3.05, 3.63) is 5.69 Å². The van der Waals surface area contributed by atoms with Gasteiger partial charge in [0.15, 0.2) is 5.82 Å². The molecule has 13 heavy (non-hydrogen) atoms. The van der Waals surface area contributed by atoms with Crippen LogP contribution < -0.4 is 5.32 Å². The molecule has 0 spiro atoms. The van der Waals surface area contributed by atoms with Gasteiger partial charge in [-0.25, -0.2) is 4.98 Å². The van der Waals surface area contributed by atoms with Crippen LogP contribution in [-0.2, 0) is 6.61 Å². The monoisotopic (exact) mass is 200 g/mol. The second-order valence-electron chi connectivity index (χ2n) is 2.28. The number of nitrogens with one attached hydrogen (secondary N) is 1. The van der Waals surface area contributed by atoms with Gasteiger partial charge in [0.25, 0.3) is 0 Å². The minimum atomic E-state index is -0.142. The van der Waals surface area contributed by atoms with Crippen molar-refractivity contribution < 1.29 is 5.11 Å². The van der Waals surface area contributed by atoms with Gasteiger partial charge in [-0.05, 0) is 13.2 Å². The molecule has 1 rings (SSSR count). The van der Waals surface area contributed by atoms with Gasteiger partial charge in [0, 0.05) is 6.54 Å². The number of hydrogen-bond donors (Lipinski definition) is 2. The summed E-state index contributed by atoms with van der Waals surface area (Å²) in [5.41, 5.74) is 0.486. The summed E-state index contributed by atoms with van der Waals surface area (Å²) in [7, 11) is 0. The van der Waals surface area contributed by atoms with Crippen LogP contribution in [0.1, 0.15) is 12.6 Å². The van der Waals surface area contributed by atoms with E-state index in [2.05, 4.69) is 20.5 Å². The zero-order chi connectivity index (χ0) is 9.68. The van der Waals surface area contributed by atoms with Crippen LogP contribution in [0.2, 0.25) is 0 Å². The maximum atomic E-state index is 8.92. The number of hydrogen-bond acceptors (Lipinski definition) is 6. The van der Waals surface area contributed by atoms with E-state index in [1.54, 1.807) is 0 Å². The maximum Gasteiger partial charge on any atom is 0.210 e. The van der Waals surface area contributed by atoms with Gasteiger partial charge < -0.3 is 10.4 Å². The van der Waals surface area contributed by atoms with Gasteiger partial charge in [0.05, 0.1) is 6.61 Å². The summed E-state index contributed by atoms with van der Waals surface area (Å²) in [6, 6.07) is 0. The van der Waals surface area contributed by atoms with E-state index in [-0.39, 0.29) is 6.61 Å². The van der Waals surface area contributed by atoms with Gasteiger partial charge in [-0.3, -0.25) is 0 Å². The Kier molecular flexibility index (Phi) is 3.91. The zero-order valence-electron chi connectivity index (χ0n) is 7.61. The fraction of sp³-hybridized carbons (Fsp3) is 0.571. The van der Waals surface area contributed by atoms with Gasteiger partial charge in [0.2, 0.25) is 5.16 Å². The molecule has 0 aliphatic rings. The number of thioether (sulfide) groups is 1. The highest BCUT2D eigenvalue weighted by atomic mass is 32.2. The Bertz CT molecular complexity index is 281. The molecular formula is C7H12N4OS.